The number of sulfonamides is 1. The minimum atomic E-state index is -3.86. The summed E-state index contributed by atoms with van der Waals surface area (Å²) >= 11 is 0. The molecule has 0 aliphatic heterocycles. The van der Waals surface area contributed by atoms with Crippen LogP contribution in [0.25, 0.3) is 21.7 Å². The molecule has 1 N–H and O–H groups in total. The Labute approximate surface area is 186 Å². The van der Waals surface area contributed by atoms with Gasteiger partial charge in [-0.25, -0.2) is 13.2 Å². The molecular weight excluding hydrogens is 430 g/mol. The monoisotopic (exact) mass is 453 g/mol. The maximum atomic E-state index is 13.1. The van der Waals surface area contributed by atoms with Gasteiger partial charge >= 0.3 is 5.97 Å². The third kappa shape index (κ3) is 3.83. The number of hydrogen-bond acceptors (Lipinski definition) is 6. The van der Waals surface area contributed by atoms with E-state index < -0.39 is 16.0 Å². The number of ether oxygens (including phenoxy) is 2. The molecule has 8 heteroatoms. The molecule has 0 bridgehead atoms. The number of methoxy groups -OCH3 is 2. The van der Waals surface area contributed by atoms with Gasteiger partial charge < -0.3 is 13.9 Å². The predicted octanol–water partition coefficient (Wildman–Crippen LogP) is 4.88. The molecule has 1 aromatic heterocycles. The molecule has 32 heavy (non-hydrogen) atoms. The van der Waals surface area contributed by atoms with Crippen molar-refractivity contribution in [1.29, 1.82) is 0 Å². The van der Waals surface area contributed by atoms with Crippen molar-refractivity contribution in [3.05, 3.63) is 71.5 Å². The Morgan fingerprint density at radius 2 is 1.69 bits per heavy atom. The molecule has 0 atom stereocenters. The van der Waals surface area contributed by atoms with Crippen molar-refractivity contribution in [3.8, 4) is 0 Å². The summed E-state index contributed by atoms with van der Waals surface area (Å²) in [5.74, 6) is -0.273. The molecule has 7 nitrogen and oxygen atoms in total. The smallest absolute Gasteiger partial charge is 0.342 e. The van der Waals surface area contributed by atoms with Crippen molar-refractivity contribution in [1.82, 2.24) is 0 Å². The van der Waals surface area contributed by atoms with Crippen LogP contribution in [0.2, 0.25) is 0 Å². The van der Waals surface area contributed by atoms with E-state index in [-0.39, 0.29) is 17.1 Å². The third-order valence-corrected chi connectivity index (χ3v) is 6.70. The number of nitrogens with one attached hydrogen (secondary N) is 1. The Hall–Kier alpha value is -3.36. The summed E-state index contributed by atoms with van der Waals surface area (Å²) < 4.78 is 45.0. The summed E-state index contributed by atoms with van der Waals surface area (Å²) in [7, 11) is -1.09. The van der Waals surface area contributed by atoms with E-state index in [2.05, 4.69) is 4.72 Å². The first kappa shape index (κ1) is 21.9. The molecule has 0 saturated heterocycles. The quantitative estimate of drug-likeness (QED) is 0.401. The molecule has 0 saturated carbocycles. The highest BCUT2D eigenvalue weighted by Gasteiger charge is 2.25. The summed E-state index contributed by atoms with van der Waals surface area (Å²) in [4.78, 5) is 12.7. The second kappa shape index (κ2) is 8.64. The average Bonchev–Trinajstić information content (AvgIpc) is 3.17. The molecule has 0 spiro atoms. The highest BCUT2D eigenvalue weighted by molar-refractivity contribution is 7.92. The van der Waals surface area contributed by atoms with Gasteiger partial charge in [-0.15, -0.1) is 0 Å². The first-order valence-electron chi connectivity index (χ1n) is 10.1. The van der Waals surface area contributed by atoms with E-state index in [1.807, 2.05) is 25.1 Å². The maximum absolute atomic E-state index is 13.1. The Morgan fingerprint density at radius 3 is 2.31 bits per heavy atom. The number of aryl methyl sites for hydroxylation is 1. The molecule has 0 fully saturated rings. The average molecular weight is 454 g/mol. The number of fused-ring (bicyclic) bond motifs is 3. The summed E-state index contributed by atoms with van der Waals surface area (Å²) in [6, 6.07) is 15.6. The number of hydrogen-bond donors (Lipinski definition) is 1. The van der Waals surface area contributed by atoms with Crippen molar-refractivity contribution in [2.24, 2.45) is 0 Å². The van der Waals surface area contributed by atoms with Crippen LogP contribution >= 0.6 is 0 Å². The highest BCUT2D eigenvalue weighted by atomic mass is 32.2. The van der Waals surface area contributed by atoms with Crippen molar-refractivity contribution >= 4 is 43.4 Å². The predicted molar refractivity (Wildman–Crippen MR) is 122 cm³/mol. The van der Waals surface area contributed by atoms with Crippen LogP contribution in [0.5, 0.6) is 0 Å². The van der Waals surface area contributed by atoms with E-state index >= 15 is 0 Å². The Kier molecular flexibility index (Phi) is 5.90. The van der Waals surface area contributed by atoms with Gasteiger partial charge in [-0.05, 0) is 30.2 Å². The zero-order chi connectivity index (χ0) is 22.9. The van der Waals surface area contributed by atoms with E-state index in [9.17, 15) is 13.2 Å². The summed E-state index contributed by atoms with van der Waals surface area (Å²) in [5, 5.41) is 1.75. The summed E-state index contributed by atoms with van der Waals surface area (Å²) in [5.41, 5.74) is 2.05. The Morgan fingerprint density at radius 1 is 1.00 bits per heavy atom. The lowest BCUT2D eigenvalue weighted by molar-refractivity contribution is 0.0594. The van der Waals surface area contributed by atoms with Gasteiger partial charge in [0.1, 0.15) is 23.5 Å². The normalized spacial score (nSPS) is 11.7. The number of carbonyl (C=O) groups excluding carboxylic acids is 1. The van der Waals surface area contributed by atoms with Crippen LogP contribution in [-0.4, -0.2) is 28.6 Å². The van der Waals surface area contributed by atoms with E-state index in [0.29, 0.717) is 33.2 Å². The van der Waals surface area contributed by atoms with Gasteiger partial charge in [0.15, 0.2) is 0 Å². The van der Waals surface area contributed by atoms with Gasteiger partial charge in [0.2, 0.25) is 0 Å². The number of anilines is 1. The summed E-state index contributed by atoms with van der Waals surface area (Å²) in [6.07, 6.45) is 0.815. The van der Waals surface area contributed by atoms with Crippen LogP contribution in [0.15, 0.2) is 63.9 Å². The summed E-state index contributed by atoms with van der Waals surface area (Å²) in [6.45, 7) is 2.07. The molecule has 4 aromatic rings. The van der Waals surface area contributed by atoms with E-state index in [0.717, 1.165) is 12.0 Å². The third-order valence-electron chi connectivity index (χ3n) is 5.32. The highest BCUT2D eigenvalue weighted by Crippen LogP contribution is 2.38. The fourth-order valence-corrected chi connectivity index (χ4v) is 4.79. The van der Waals surface area contributed by atoms with Gasteiger partial charge in [-0.1, -0.05) is 43.3 Å². The molecule has 0 aliphatic carbocycles. The molecule has 0 unspecified atom stereocenters. The van der Waals surface area contributed by atoms with Crippen LogP contribution in [0.1, 0.15) is 28.6 Å². The number of furan rings is 1. The lowest BCUT2D eigenvalue weighted by Crippen LogP contribution is -2.13. The van der Waals surface area contributed by atoms with E-state index in [4.69, 9.17) is 13.9 Å². The zero-order valence-electron chi connectivity index (χ0n) is 18.0. The van der Waals surface area contributed by atoms with E-state index in [1.54, 1.807) is 36.4 Å². The van der Waals surface area contributed by atoms with E-state index in [1.165, 1.54) is 14.2 Å². The fraction of sp³-hybridized carbons (Fsp3) is 0.208. The molecule has 0 aliphatic rings. The molecule has 0 radical (unpaired) electrons. The lowest BCUT2D eigenvalue weighted by Gasteiger charge is -2.12. The number of esters is 1. The van der Waals surface area contributed by atoms with Crippen molar-refractivity contribution in [3.63, 3.8) is 0 Å². The first-order chi connectivity index (χ1) is 15.4. The van der Waals surface area contributed by atoms with Crippen LogP contribution in [0.4, 0.5) is 5.69 Å². The van der Waals surface area contributed by atoms with Gasteiger partial charge in [0.25, 0.3) is 10.0 Å². The first-order valence-corrected chi connectivity index (χ1v) is 11.5. The minimum absolute atomic E-state index is 0.0677. The topological polar surface area (TPSA) is 94.8 Å². The number of benzene rings is 3. The molecule has 166 valence electrons. The van der Waals surface area contributed by atoms with Crippen molar-refractivity contribution in [2.45, 2.75) is 24.8 Å². The number of carbonyl (C=O) groups is 1. The van der Waals surface area contributed by atoms with Gasteiger partial charge in [0, 0.05) is 23.3 Å². The van der Waals surface area contributed by atoms with Gasteiger partial charge in [-0.2, -0.15) is 0 Å². The minimum Gasteiger partial charge on any atom is -0.465 e. The maximum Gasteiger partial charge on any atom is 0.342 e. The van der Waals surface area contributed by atoms with Crippen LogP contribution in [0.3, 0.4) is 0 Å². The number of rotatable bonds is 7. The Balaban J connectivity index is 1.92. The SMILES string of the molecule is CCc1ccc(S(=O)(=O)Nc2cc3c(C(=O)OC)c(COC)oc3c3ccccc23)cc1. The lowest BCUT2D eigenvalue weighted by atomic mass is 10.0. The van der Waals surface area contributed by atoms with Crippen LogP contribution < -0.4 is 4.72 Å². The Bertz CT molecular complexity index is 1400. The fourth-order valence-electron chi connectivity index (χ4n) is 3.72. The van der Waals surface area contributed by atoms with Crippen molar-refractivity contribution < 1.29 is 27.1 Å². The zero-order valence-corrected chi connectivity index (χ0v) is 18.8. The van der Waals surface area contributed by atoms with Crippen LogP contribution in [-0.2, 0) is 32.5 Å². The van der Waals surface area contributed by atoms with Gasteiger partial charge in [0.05, 0.1) is 17.7 Å². The van der Waals surface area contributed by atoms with Gasteiger partial charge in [-0.3, -0.25) is 4.72 Å². The molecular formula is C24H23NO6S. The van der Waals surface area contributed by atoms with Crippen molar-refractivity contribution in [2.75, 3.05) is 18.9 Å². The van der Waals surface area contributed by atoms with Crippen LogP contribution in [0, 0.1) is 0 Å². The second-order valence-corrected chi connectivity index (χ2v) is 8.96. The molecule has 0 amide bonds. The molecule has 4 rings (SSSR count). The molecule has 3 aromatic carbocycles. The standard InChI is InChI=1S/C24H23NO6S/c1-4-15-9-11-16(12-10-15)32(27,28)25-20-13-19-22(24(26)30-3)21(14-29-2)31-23(19)18-8-6-5-7-17(18)20/h5-13,25H,4,14H2,1-3H3. The second-order valence-electron chi connectivity index (χ2n) is 7.27. The largest absolute Gasteiger partial charge is 0.465 e. The molecule has 1 heterocycles.